The highest BCUT2D eigenvalue weighted by molar-refractivity contribution is 5.79. The van der Waals surface area contributed by atoms with Crippen molar-refractivity contribution in [2.75, 3.05) is 13.1 Å². The standard InChI is InChI=1S/C17H21N5O2/c23-16(8-10-22-13-18-12-19-22)20-15(14-5-2-1-3-6-14)11-21-9-4-7-17(21)24/h1-3,5-6,12-13,15H,4,7-11H2,(H,20,23)/t15-/m0/s1. The van der Waals surface area contributed by atoms with Crippen LogP contribution in [0.2, 0.25) is 0 Å². The second-order valence-electron chi connectivity index (χ2n) is 5.88. The summed E-state index contributed by atoms with van der Waals surface area (Å²) in [5, 5.41) is 7.04. The van der Waals surface area contributed by atoms with Crippen molar-refractivity contribution >= 4 is 11.8 Å². The van der Waals surface area contributed by atoms with Gasteiger partial charge in [0.05, 0.1) is 12.6 Å². The summed E-state index contributed by atoms with van der Waals surface area (Å²) in [5.41, 5.74) is 1.01. The summed E-state index contributed by atoms with van der Waals surface area (Å²) in [4.78, 5) is 29.9. The molecule has 2 amide bonds. The zero-order valence-electron chi connectivity index (χ0n) is 13.5. The molecule has 1 fully saturated rings. The largest absolute Gasteiger partial charge is 0.347 e. The summed E-state index contributed by atoms with van der Waals surface area (Å²) in [6, 6.07) is 9.57. The predicted molar refractivity (Wildman–Crippen MR) is 87.8 cm³/mol. The highest BCUT2D eigenvalue weighted by atomic mass is 16.2. The van der Waals surface area contributed by atoms with E-state index < -0.39 is 0 Å². The van der Waals surface area contributed by atoms with Crippen LogP contribution in [0.1, 0.15) is 30.9 Å². The highest BCUT2D eigenvalue weighted by Crippen LogP contribution is 2.18. The van der Waals surface area contributed by atoms with Crippen molar-refractivity contribution in [2.24, 2.45) is 0 Å². The topological polar surface area (TPSA) is 80.1 Å². The minimum Gasteiger partial charge on any atom is -0.347 e. The van der Waals surface area contributed by atoms with Crippen molar-refractivity contribution in [3.63, 3.8) is 0 Å². The van der Waals surface area contributed by atoms with E-state index in [0.717, 1.165) is 18.5 Å². The van der Waals surface area contributed by atoms with Gasteiger partial charge in [0.25, 0.3) is 0 Å². The molecule has 7 heteroatoms. The van der Waals surface area contributed by atoms with Crippen LogP contribution in [0.4, 0.5) is 0 Å². The monoisotopic (exact) mass is 327 g/mol. The highest BCUT2D eigenvalue weighted by Gasteiger charge is 2.25. The molecule has 1 aromatic heterocycles. The van der Waals surface area contributed by atoms with E-state index in [0.29, 0.717) is 25.9 Å². The van der Waals surface area contributed by atoms with Crippen LogP contribution in [0.5, 0.6) is 0 Å². The molecule has 1 aliphatic heterocycles. The van der Waals surface area contributed by atoms with E-state index >= 15 is 0 Å². The lowest BCUT2D eigenvalue weighted by molar-refractivity contribution is -0.129. The Morgan fingerprint density at radius 2 is 2.12 bits per heavy atom. The number of nitrogens with one attached hydrogen (secondary N) is 1. The number of aromatic nitrogens is 3. The van der Waals surface area contributed by atoms with Gasteiger partial charge < -0.3 is 10.2 Å². The Hall–Kier alpha value is -2.70. The minimum absolute atomic E-state index is 0.0639. The van der Waals surface area contributed by atoms with Gasteiger partial charge in [0, 0.05) is 25.9 Å². The molecule has 0 saturated carbocycles. The fourth-order valence-corrected chi connectivity index (χ4v) is 2.87. The number of amides is 2. The Morgan fingerprint density at radius 1 is 1.29 bits per heavy atom. The summed E-state index contributed by atoms with van der Waals surface area (Å²) in [6.45, 7) is 1.75. The molecule has 2 heterocycles. The molecule has 3 rings (SSSR count). The summed E-state index contributed by atoms with van der Waals surface area (Å²) >= 11 is 0. The fraction of sp³-hybridized carbons (Fsp3) is 0.412. The third-order valence-corrected chi connectivity index (χ3v) is 4.15. The predicted octanol–water partition coefficient (Wildman–Crippen LogP) is 1.15. The quantitative estimate of drug-likeness (QED) is 0.827. The third kappa shape index (κ3) is 4.18. The Bertz CT molecular complexity index is 672. The van der Waals surface area contributed by atoms with Crippen molar-refractivity contribution in [1.82, 2.24) is 25.0 Å². The lowest BCUT2D eigenvalue weighted by atomic mass is 10.1. The molecule has 7 nitrogen and oxygen atoms in total. The maximum atomic E-state index is 12.3. The molecular weight excluding hydrogens is 306 g/mol. The summed E-state index contributed by atoms with van der Waals surface area (Å²) in [6.07, 6.45) is 4.84. The first kappa shape index (κ1) is 16.2. The van der Waals surface area contributed by atoms with Gasteiger partial charge in [-0.05, 0) is 12.0 Å². The lowest BCUT2D eigenvalue weighted by Crippen LogP contribution is -2.38. The number of nitrogens with zero attached hydrogens (tertiary/aromatic N) is 4. The lowest BCUT2D eigenvalue weighted by Gasteiger charge is -2.25. The number of likely N-dealkylation sites (tertiary alicyclic amines) is 1. The molecule has 0 unspecified atom stereocenters. The van der Waals surface area contributed by atoms with Crippen molar-refractivity contribution < 1.29 is 9.59 Å². The Kier molecular flexibility index (Phi) is 5.20. The summed E-state index contributed by atoms with van der Waals surface area (Å²) in [5.74, 6) is 0.0961. The number of aryl methyl sites for hydroxylation is 1. The number of benzene rings is 1. The van der Waals surface area contributed by atoms with E-state index in [1.165, 1.54) is 6.33 Å². The number of carbonyl (C=O) groups is 2. The van der Waals surface area contributed by atoms with Crippen LogP contribution in [0.25, 0.3) is 0 Å². The van der Waals surface area contributed by atoms with Gasteiger partial charge in [0.2, 0.25) is 11.8 Å². The van der Waals surface area contributed by atoms with Crippen molar-refractivity contribution in [2.45, 2.75) is 31.8 Å². The first-order valence-electron chi connectivity index (χ1n) is 8.17. The van der Waals surface area contributed by atoms with E-state index in [2.05, 4.69) is 15.4 Å². The van der Waals surface area contributed by atoms with E-state index in [1.807, 2.05) is 35.2 Å². The Morgan fingerprint density at radius 3 is 2.79 bits per heavy atom. The van der Waals surface area contributed by atoms with Crippen LogP contribution < -0.4 is 5.32 Å². The maximum Gasteiger partial charge on any atom is 0.222 e. The van der Waals surface area contributed by atoms with Crippen molar-refractivity contribution in [1.29, 1.82) is 0 Å². The minimum atomic E-state index is -0.198. The van der Waals surface area contributed by atoms with Gasteiger partial charge in [0.1, 0.15) is 12.7 Å². The maximum absolute atomic E-state index is 12.3. The van der Waals surface area contributed by atoms with E-state index in [1.54, 1.807) is 11.0 Å². The smallest absolute Gasteiger partial charge is 0.222 e. The van der Waals surface area contributed by atoms with Gasteiger partial charge in [-0.2, -0.15) is 5.10 Å². The molecule has 0 bridgehead atoms. The molecule has 0 spiro atoms. The molecule has 1 aliphatic rings. The molecular formula is C17H21N5O2. The van der Waals surface area contributed by atoms with Gasteiger partial charge in [-0.25, -0.2) is 4.98 Å². The van der Waals surface area contributed by atoms with Crippen LogP contribution in [0, 0.1) is 0 Å². The zero-order valence-corrected chi connectivity index (χ0v) is 13.5. The van der Waals surface area contributed by atoms with E-state index in [4.69, 9.17) is 0 Å². The molecule has 24 heavy (non-hydrogen) atoms. The number of hydrogen-bond donors (Lipinski definition) is 1. The second-order valence-corrected chi connectivity index (χ2v) is 5.88. The van der Waals surface area contributed by atoms with Crippen LogP contribution in [-0.2, 0) is 16.1 Å². The van der Waals surface area contributed by atoms with Gasteiger partial charge in [-0.3, -0.25) is 14.3 Å². The second kappa shape index (κ2) is 7.72. The van der Waals surface area contributed by atoms with Crippen molar-refractivity contribution in [3.8, 4) is 0 Å². The first-order valence-corrected chi connectivity index (χ1v) is 8.17. The van der Waals surface area contributed by atoms with Gasteiger partial charge in [-0.1, -0.05) is 30.3 Å². The molecule has 2 aromatic rings. The Labute approximate surface area is 140 Å². The molecule has 1 saturated heterocycles. The Balaban J connectivity index is 1.63. The molecule has 1 atom stereocenters. The van der Waals surface area contributed by atoms with Gasteiger partial charge >= 0.3 is 0 Å². The number of carbonyl (C=O) groups excluding carboxylic acids is 2. The van der Waals surface area contributed by atoms with Gasteiger partial charge in [-0.15, -0.1) is 0 Å². The molecule has 0 radical (unpaired) electrons. The first-order chi connectivity index (χ1) is 11.7. The van der Waals surface area contributed by atoms with E-state index in [-0.39, 0.29) is 17.9 Å². The van der Waals surface area contributed by atoms with Crippen LogP contribution in [0.3, 0.4) is 0 Å². The number of rotatable bonds is 7. The molecule has 1 aromatic carbocycles. The van der Waals surface area contributed by atoms with Crippen LogP contribution >= 0.6 is 0 Å². The SMILES string of the molecule is O=C(CCn1cncn1)N[C@@H](CN1CCCC1=O)c1ccccc1. The summed E-state index contributed by atoms with van der Waals surface area (Å²) in [7, 11) is 0. The number of hydrogen-bond acceptors (Lipinski definition) is 4. The molecule has 0 aliphatic carbocycles. The third-order valence-electron chi connectivity index (χ3n) is 4.15. The molecule has 126 valence electrons. The molecule has 1 N–H and O–H groups in total. The fourth-order valence-electron chi connectivity index (χ4n) is 2.87. The summed E-state index contributed by atoms with van der Waals surface area (Å²) < 4.78 is 1.63. The van der Waals surface area contributed by atoms with Gasteiger partial charge in [0.15, 0.2) is 0 Å². The zero-order chi connectivity index (χ0) is 16.8. The normalized spacial score (nSPS) is 15.5. The van der Waals surface area contributed by atoms with E-state index in [9.17, 15) is 9.59 Å². The average molecular weight is 327 g/mol. The average Bonchev–Trinajstić information content (AvgIpc) is 3.25. The van der Waals surface area contributed by atoms with Crippen LogP contribution in [-0.4, -0.2) is 44.6 Å². The van der Waals surface area contributed by atoms with Crippen molar-refractivity contribution in [3.05, 3.63) is 48.5 Å². The van der Waals surface area contributed by atoms with Crippen LogP contribution in [0.15, 0.2) is 43.0 Å².